The molecular weight excluding hydrogens is 213 g/mol. The third-order valence-electron chi connectivity index (χ3n) is 3.25. The molecule has 1 unspecified atom stereocenters. The van der Waals surface area contributed by atoms with E-state index in [0.717, 1.165) is 12.8 Å². The Morgan fingerprint density at radius 3 is 2.25 bits per heavy atom. The molecule has 0 amide bonds. The monoisotopic (exact) mass is 237 g/mol. The van der Waals surface area contributed by atoms with Gasteiger partial charge < -0.3 is 11.8 Å². The van der Waals surface area contributed by atoms with Gasteiger partial charge in [-0.3, -0.25) is 4.79 Å². The second kappa shape index (κ2) is 9.46. The van der Waals surface area contributed by atoms with Gasteiger partial charge in [0.1, 0.15) is 6.04 Å². The third-order valence-corrected chi connectivity index (χ3v) is 3.25. The molecule has 0 aliphatic heterocycles. The first-order chi connectivity index (χ1) is 7.24. The number of hydrogen-bond donors (Lipinski definition) is 2. The Morgan fingerprint density at radius 1 is 1.31 bits per heavy atom. The largest absolute Gasteiger partial charge is 1.00 e. The van der Waals surface area contributed by atoms with E-state index in [4.69, 9.17) is 5.11 Å². The van der Waals surface area contributed by atoms with Gasteiger partial charge in [-0.1, -0.05) is 39.0 Å². The maximum absolute atomic E-state index is 10.9. The first kappa shape index (κ1) is 16.4. The summed E-state index contributed by atoms with van der Waals surface area (Å²) in [6.07, 6.45) is 9.41. The van der Waals surface area contributed by atoms with Crippen molar-refractivity contribution in [2.75, 3.05) is 0 Å². The zero-order valence-corrected chi connectivity index (χ0v) is 12.7. The quantitative estimate of drug-likeness (QED) is 0.658. The summed E-state index contributed by atoms with van der Waals surface area (Å²) in [7, 11) is 0. The fraction of sp³-hybridized carbons (Fsp3) is 0.917. The molecule has 16 heavy (non-hydrogen) atoms. The summed E-state index contributed by atoms with van der Waals surface area (Å²) in [6, 6.07) is 0.0702. The summed E-state index contributed by atoms with van der Waals surface area (Å²) in [4.78, 5) is 10.9. The van der Waals surface area contributed by atoms with Crippen molar-refractivity contribution in [3.05, 3.63) is 0 Å². The molecule has 0 heterocycles. The Labute approximate surface area is 122 Å². The normalized spacial score (nSPS) is 20.3. The summed E-state index contributed by atoms with van der Waals surface area (Å²) in [5.41, 5.74) is 0. The number of aliphatic carboxylic acids is 1. The average Bonchev–Trinajstić information content (AvgIpc) is 2.15. The first-order valence-corrected chi connectivity index (χ1v) is 6.23. The fourth-order valence-electron chi connectivity index (χ4n) is 2.27. The number of nitrogens with one attached hydrogen (secondary N) is 1. The molecule has 1 fully saturated rings. The van der Waals surface area contributed by atoms with Crippen LogP contribution in [0, 0.1) is 0 Å². The molecule has 1 atom stereocenters. The summed E-state index contributed by atoms with van der Waals surface area (Å²) in [6.45, 7) is 1.93. The van der Waals surface area contributed by atoms with Crippen molar-refractivity contribution in [2.45, 2.75) is 70.4 Å². The Morgan fingerprint density at radius 2 is 1.81 bits per heavy atom. The second-order valence-electron chi connectivity index (χ2n) is 4.51. The van der Waals surface area contributed by atoms with Gasteiger partial charge in [0.05, 0.1) is 0 Å². The van der Waals surface area contributed by atoms with Crippen LogP contribution in [0.15, 0.2) is 0 Å². The van der Waals surface area contributed by atoms with E-state index in [0.29, 0.717) is 12.5 Å². The molecule has 90 valence electrons. The van der Waals surface area contributed by atoms with Crippen LogP contribution < -0.4 is 34.9 Å². The number of hydrogen-bond acceptors (Lipinski definition) is 2. The molecule has 0 bridgehead atoms. The molecular formula is C12H24NNaO2. The van der Waals surface area contributed by atoms with E-state index >= 15 is 0 Å². The van der Waals surface area contributed by atoms with E-state index in [1.165, 1.54) is 32.1 Å². The van der Waals surface area contributed by atoms with E-state index < -0.39 is 5.97 Å². The van der Waals surface area contributed by atoms with Gasteiger partial charge in [0, 0.05) is 6.04 Å². The summed E-state index contributed by atoms with van der Waals surface area (Å²) < 4.78 is 0. The van der Waals surface area contributed by atoms with Crippen LogP contribution in [0.5, 0.6) is 0 Å². The number of rotatable bonds is 4. The van der Waals surface area contributed by atoms with Gasteiger partial charge in [0.15, 0.2) is 0 Å². The first-order valence-electron chi connectivity index (χ1n) is 6.23. The Hall–Kier alpha value is 0.430. The number of carboxylic acid groups (broad SMARTS) is 1. The Balaban J connectivity index is 0. The van der Waals surface area contributed by atoms with Gasteiger partial charge in [0.2, 0.25) is 0 Å². The van der Waals surface area contributed by atoms with Crippen LogP contribution >= 0.6 is 0 Å². The van der Waals surface area contributed by atoms with Crippen molar-refractivity contribution in [1.82, 2.24) is 5.32 Å². The van der Waals surface area contributed by atoms with Crippen molar-refractivity contribution in [3.8, 4) is 0 Å². The van der Waals surface area contributed by atoms with Gasteiger partial charge >= 0.3 is 35.5 Å². The third kappa shape index (κ3) is 6.24. The Kier molecular flexibility index (Phi) is 9.71. The van der Waals surface area contributed by atoms with Crippen LogP contribution in [0.4, 0.5) is 0 Å². The van der Waals surface area contributed by atoms with Crippen molar-refractivity contribution in [2.24, 2.45) is 0 Å². The molecule has 1 aliphatic carbocycles. The van der Waals surface area contributed by atoms with Gasteiger partial charge in [0.25, 0.3) is 0 Å². The van der Waals surface area contributed by atoms with Crippen molar-refractivity contribution < 1.29 is 40.9 Å². The summed E-state index contributed by atoms with van der Waals surface area (Å²) in [5.74, 6) is -0.709. The molecule has 2 N–H and O–H groups in total. The van der Waals surface area contributed by atoms with Crippen LogP contribution in [0.3, 0.4) is 0 Å². The summed E-state index contributed by atoms with van der Waals surface area (Å²) >= 11 is 0. The molecule has 1 aliphatic rings. The van der Waals surface area contributed by atoms with E-state index in [1.807, 2.05) is 6.92 Å². The molecule has 0 saturated heterocycles. The maximum Gasteiger partial charge on any atom is 1.00 e. The van der Waals surface area contributed by atoms with Crippen LogP contribution in [0.1, 0.15) is 59.7 Å². The summed E-state index contributed by atoms with van der Waals surface area (Å²) in [5, 5.41) is 12.2. The SMILES string of the molecule is CCC(NC1CCCCCCC1)C(=O)O.[H-].[Na+]. The maximum atomic E-state index is 10.9. The van der Waals surface area contributed by atoms with E-state index in [9.17, 15) is 4.79 Å². The zero-order chi connectivity index (χ0) is 11.1. The smallest absolute Gasteiger partial charge is 1.00 e. The van der Waals surface area contributed by atoms with Crippen LogP contribution in [-0.2, 0) is 4.79 Å². The van der Waals surface area contributed by atoms with Gasteiger partial charge in [-0.15, -0.1) is 0 Å². The standard InChI is InChI=1S/C12H23NO2.Na.H/c1-2-11(12(14)15)13-10-8-6-4-3-5-7-9-10;;/h10-11,13H,2-9H2,1H3,(H,14,15);;/q;+1;-1. The van der Waals surface area contributed by atoms with Gasteiger partial charge in [-0.25, -0.2) is 0 Å². The second-order valence-corrected chi connectivity index (χ2v) is 4.51. The van der Waals surface area contributed by atoms with Crippen LogP contribution in [0.25, 0.3) is 0 Å². The van der Waals surface area contributed by atoms with Gasteiger partial charge in [-0.05, 0) is 19.3 Å². The minimum atomic E-state index is -0.709. The van der Waals surface area contributed by atoms with E-state index in [1.54, 1.807) is 0 Å². The molecule has 0 aromatic heterocycles. The zero-order valence-electron chi connectivity index (χ0n) is 11.7. The molecule has 1 rings (SSSR count). The molecule has 4 heteroatoms. The number of carboxylic acids is 1. The molecule has 3 nitrogen and oxygen atoms in total. The molecule has 0 radical (unpaired) electrons. The predicted octanol–water partition coefficient (Wildman–Crippen LogP) is -0.331. The molecule has 0 spiro atoms. The topological polar surface area (TPSA) is 49.3 Å². The Bertz CT molecular complexity index is 197. The molecule has 0 aromatic rings. The van der Waals surface area contributed by atoms with Crippen molar-refractivity contribution in [1.29, 1.82) is 0 Å². The fourth-order valence-corrected chi connectivity index (χ4v) is 2.27. The van der Waals surface area contributed by atoms with E-state index in [-0.39, 0.29) is 37.0 Å². The van der Waals surface area contributed by atoms with Crippen molar-refractivity contribution >= 4 is 5.97 Å². The van der Waals surface area contributed by atoms with E-state index in [2.05, 4.69) is 5.32 Å². The minimum absolute atomic E-state index is 0. The minimum Gasteiger partial charge on any atom is -1.00 e. The van der Waals surface area contributed by atoms with Crippen LogP contribution in [-0.4, -0.2) is 23.2 Å². The average molecular weight is 237 g/mol. The van der Waals surface area contributed by atoms with Crippen LogP contribution in [0.2, 0.25) is 0 Å². The molecule has 0 aromatic carbocycles. The number of carbonyl (C=O) groups is 1. The predicted molar refractivity (Wildman–Crippen MR) is 62.1 cm³/mol. The molecule has 1 saturated carbocycles. The van der Waals surface area contributed by atoms with Gasteiger partial charge in [-0.2, -0.15) is 0 Å². The van der Waals surface area contributed by atoms with Crippen molar-refractivity contribution in [3.63, 3.8) is 0 Å².